The molecular formula is C9H13ClN2O6S2. The summed E-state index contributed by atoms with van der Waals surface area (Å²) < 4.78 is 35.7. The van der Waals surface area contributed by atoms with Crippen molar-refractivity contribution in [3.05, 3.63) is 20.5 Å². The minimum absolute atomic E-state index is 0.0179. The van der Waals surface area contributed by atoms with Gasteiger partial charge in [-0.2, -0.15) is 0 Å². The van der Waals surface area contributed by atoms with Gasteiger partial charge in [-0.3, -0.25) is 10.1 Å². The van der Waals surface area contributed by atoms with Crippen LogP contribution in [0.25, 0.3) is 0 Å². The van der Waals surface area contributed by atoms with Gasteiger partial charge in [0, 0.05) is 26.8 Å². The van der Waals surface area contributed by atoms with Gasteiger partial charge in [0.25, 0.3) is 5.69 Å². The molecule has 1 heterocycles. The fourth-order valence-electron chi connectivity index (χ4n) is 1.27. The second-order valence-electron chi connectivity index (χ2n) is 3.65. The van der Waals surface area contributed by atoms with Crippen molar-refractivity contribution < 1.29 is 22.8 Å². The summed E-state index contributed by atoms with van der Waals surface area (Å²) in [5.74, 6) is 0. The Morgan fingerprint density at radius 2 is 2.20 bits per heavy atom. The molecule has 8 nitrogen and oxygen atoms in total. The highest BCUT2D eigenvalue weighted by Gasteiger charge is 2.25. The van der Waals surface area contributed by atoms with E-state index in [4.69, 9.17) is 21.1 Å². The molecule has 0 aliphatic rings. The first kappa shape index (κ1) is 17.3. The summed E-state index contributed by atoms with van der Waals surface area (Å²) in [7, 11) is -0.992. The Balaban J connectivity index is 2.83. The highest BCUT2D eigenvalue weighted by atomic mass is 35.5. The summed E-state index contributed by atoms with van der Waals surface area (Å²) in [6, 6.07) is 0.924. The summed E-state index contributed by atoms with van der Waals surface area (Å²) in [4.78, 5) is 9.90. The van der Waals surface area contributed by atoms with Crippen molar-refractivity contribution in [1.82, 2.24) is 4.72 Å². The molecule has 0 radical (unpaired) electrons. The number of rotatable bonds is 8. The molecule has 1 aromatic heterocycles. The predicted octanol–water partition coefficient (Wildman–Crippen LogP) is 1.25. The molecule has 0 saturated carbocycles. The number of nitrogens with zero attached hydrogens (tertiary/aromatic N) is 1. The van der Waals surface area contributed by atoms with E-state index in [-0.39, 0.29) is 21.7 Å². The van der Waals surface area contributed by atoms with Crippen molar-refractivity contribution in [3.8, 4) is 0 Å². The van der Waals surface area contributed by atoms with Gasteiger partial charge in [0.15, 0.2) is 4.34 Å². The van der Waals surface area contributed by atoms with E-state index in [1.54, 1.807) is 0 Å². The van der Waals surface area contributed by atoms with Gasteiger partial charge in [-0.15, -0.1) is 11.3 Å². The topological polar surface area (TPSA) is 108 Å². The van der Waals surface area contributed by atoms with Crippen LogP contribution >= 0.6 is 22.9 Å². The molecule has 1 rings (SSSR count). The van der Waals surface area contributed by atoms with E-state index in [1.807, 2.05) is 0 Å². The number of sulfonamides is 1. The van der Waals surface area contributed by atoms with Gasteiger partial charge in [-0.1, -0.05) is 11.6 Å². The van der Waals surface area contributed by atoms with Crippen molar-refractivity contribution in [3.63, 3.8) is 0 Å². The van der Waals surface area contributed by atoms with E-state index in [0.717, 1.165) is 6.07 Å². The van der Waals surface area contributed by atoms with E-state index >= 15 is 0 Å². The molecule has 11 heteroatoms. The molecule has 1 aromatic rings. The third kappa shape index (κ3) is 4.36. The van der Waals surface area contributed by atoms with Crippen LogP contribution in [0, 0.1) is 10.1 Å². The van der Waals surface area contributed by atoms with E-state index in [2.05, 4.69) is 4.72 Å². The van der Waals surface area contributed by atoms with E-state index in [9.17, 15) is 18.5 Å². The molecule has 1 atom stereocenters. The van der Waals surface area contributed by atoms with Crippen LogP contribution in [0.4, 0.5) is 5.69 Å². The van der Waals surface area contributed by atoms with Gasteiger partial charge in [0.2, 0.25) is 10.0 Å². The molecule has 114 valence electrons. The maximum Gasteiger partial charge on any atom is 0.300 e. The Kier molecular flexibility index (Phi) is 6.30. The van der Waals surface area contributed by atoms with Gasteiger partial charge in [-0.05, 0) is 0 Å². The third-order valence-electron chi connectivity index (χ3n) is 2.29. The number of hydrogen-bond donors (Lipinski definition) is 1. The first-order chi connectivity index (χ1) is 9.31. The fourth-order valence-corrected chi connectivity index (χ4v) is 4.04. The largest absolute Gasteiger partial charge is 0.382 e. The molecule has 0 spiro atoms. The fraction of sp³-hybridized carbons (Fsp3) is 0.556. The molecule has 0 aliphatic carbocycles. The van der Waals surface area contributed by atoms with E-state index < -0.39 is 26.7 Å². The van der Waals surface area contributed by atoms with Gasteiger partial charge in [0.05, 0.1) is 17.6 Å². The van der Waals surface area contributed by atoms with Crippen LogP contribution in [0.15, 0.2) is 10.3 Å². The first-order valence-electron chi connectivity index (χ1n) is 5.27. The number of halogens is 1. The number of nitro groups is 1. The Bertz CT molecular complexity index is 573. The lowest BCUT2D eigenvalue weighted by molar-refractivity contribution is -0.384. The van der Waals surface area contributed by atoms with Crippen LogP contribution in [0.3, 0.4) is 0 Å². The van der Waals surface area contributed by atoms with Crippen LogP contribution in [0.5, 0.6) is 0 Å². The Morgan fingerprint density at radius 3 is 2.65 bits per heavy atom. The maximum atomic E-state index is 12.0. The van der Waals surface area contributed by atoms with Crippen molar-refractivity contribution in [2.24, 2.45) is 0 Å². The molecule has 20 heavy (non-hydrogen) atoms. The van der Waals surface area contributed by atoms with Crippen molar-refractivity contribution in [2.45, 2.75) is 10.3 Å². The number of ether oxygens (including phenoxy) is 2. The number of hydrogen-bond acceptors (Lipinski definition) is 7. The van der Waals surface area contributed by atoms with E-state index in [0.29, 0.717) is 11.3 Å². The molecule has 0 aliphatic heterocycles. The summed E-state index contributed by atoms with van der Waals surface area (Å²) >= 11 is 6.25. The summed E-state index contributed by atoms with van der Waals surface area (Å²) in [6.45, 7) is 0.195. The number of thiophene rings is 1. The SMILES string of the molecule is COCC(CNS(=O)(=O)c1cc([N+](=O)[O-])c(Cl)s1)OC. The Morgan fingerprint density at radius 1 is 1.55 bits per heavy atom. The average molecular weight is 345 g/mol. The smallest absolute Gasteiger partial charge is 0.300 e. The van der Waals surface area contributed by atoms with Crippen LogP contribution in [0.1, 0.15) is 0 Å². The molecule has 0 saturated heterocycles. The van der Waals surface area contributed by atoms with Crippen LogP contribution in [0.2, 0.25) is 4.34 Å². The summed E-state index contributed by atoms with van der Waals surface area (Å²) in [5.41, 5.74) is -0.433. The zero-order valence-electron chi connectivity index (χ0n) is 10.7. The molecule has 0 aromatic carbocycles. The summed E-state index contributed by atoms with van der Waals surface area (Å²) in [5, 5.41) is 10.6. The third-order valence-corrected chi connectivity index (χ3v) is 5.53. The van der Waals surface area contributed by atoms with Crippen molar-refractivity contribution >= 4 is 38.6 Å². The quantitative estimate of drug-likeness (QED) is 0.561. The Labute approximate surface area is 124 Å². The lowest BCUT2D eigenvalue weighted by Gasteiger charge is -2.14. The molecule has 0 amide bonds. The molecule has 1 unspecified atom stereocenters. The molecular weight excluding hydrogens is 332 g/mol. The number of methoxy groups -OCH3 is 2. The second kappa shape index (κ2) is 7.29. The zero-order chi connectivity index (χ0) is 15.3. The first-order valence-corrected chi connectivity index (χ1v) is 7.94. The molecule has 0 bridgehead atoms. The average Bonchev–Trinajstić information content (AvgIpc) is 2.77. The molecule has 1 N–H and O–H groups in total. The standard InChI is InChI=1S/C9H13ClN2O6S2/c1-17-5-6(18-2)4-11-20(15,16)8-3-7(12(13)14)9(10)19-8/h3,6,11H,4-5H2,1-2H3. The van der Waals surface area contributed by atoms with Gasteiger partial charge in [0.1, 0.15) is 4.21 Å². The monoisotopic (exact) mass is 344 g/mol. The van der Waals surface area contributed by atoms with E-state index in [1.165, 1.54) is 14.2 Å². The lowest BCUT2D eigenvalue weighted by atomic mass is 10.4. The minimum Gasteiger partial charge on any atom is -0.382 e. The minimum atomic E-state index is -3.87. The zero-order valence-corrected chi connectivity index (χ0v) is 13.0. The van der Waals surface area contributed by atoms with Crippen molar-refractivity contribution in [2.75, 3.05) is 27.4 Å². The van der Waals surface area contributed by atoms with Crippen molar-refractivity contribution in [1.29, 1.82) is 0 Å². The second-order valence-corrected chi connectivity index (χ2v) is 7.29. The summed E-state index contributed by atoms with van der Waals surface area (Å²) in [6.07, 6.45) is -0.458. The maximum absolute atomic E-state index is 12.0. The van der Waals surface area contributed by atoms with Gasteiger partial charge >= 0.3 is 0 Å². The number of nitrogens with one attached hydrogen (secondary N) is 1. The van der Waals surface area contributed by atoms with Crippen LogP contribution in [-0.4, -0.2) is 46.8 Å². The molecule has 0 fully saturated rings. The predicted molar refractivity (Wildman–Crippen MR) is 73.8 cm³/mol. The Hall–Kier alpha value is -0.780. The van der Waals surface area contributed by atoms with Crippen LogP contribution < -0.4 is 4.72 Å². The lowest BCUT2D eigenvalue weighted by Crippen LogP contribution is -2.35. The normalized spacial score (nSPS) is 13.3. The highest BCUT2D eigenvalue weighted by Crippen LogP contribution is 2.36. The van der Waals surface area contributed by atoms with Gasteiger partial charge < -0.3 is 9.47 Å². The van der Waals surface area contributed by atoms with Gasteiger partial charge in [-0.25, -0.2) is 13.1 Å². The highest BCUT2D eigenvalue weighted by molar-refractivity contribution is 7.91. The van der Waals surface area contributed by atoms with Crippen LogP contribution in [-0.2, 0) is 19.5 Å².